The first-order valence-corrected chi connectivity index (χ1v) is 9.59. The molecule has 9 heteroatoms. The zero-order valence-electron chi connectivity index (χ0n) is 16.7. The number of anilines is 1. The van der Waals surface area contributed by atoms with E-state index in [1.165, 1.54) is 29.2 Å². The number of benzene rings is 2. The van der Waals surface area contributed by atoms with Crippen LogP contribution in [0.5, 0.6) is 0 Å². The lowest BCUT2D eigenvalue weighted by Gasteiger charge is -2.35. The minimum atomic E-state index is -0.484. The first-order valence-electron chi connectivity index (χ1n) is 9.59. The van der Waals surface area contributed by atoms with Gasteiger partial charge in [0.2, 0.25) is 11.8 Å². The molecule has 0 bridgehead atoms. The highest BCUT2D eigenvalue weighted by Crippen LogP contribution is 2.18. The summed E-state index contributed by atoms with van der Waals surface area (Å²) < 4.78 is 13.0. The number of hydrogen-bond acceptors (Lipinski definition) is 5. The SMILES string of the molecule is CN(C(=O)CN1CCN(C(=O)Cc2ccc(F)cc2)CC1)c1ccc([N+](=O)[O-])cc1. The summed E-state index contributed by atoms with van der Waals surface area (Å²) in [5, 5.41) is 10.7. The molecule has 0 N–H and O–H groups in total. The third kappa shape index (κ3) is 5.38. The summed E-state index contributed by atoms with van der Waals surface area (Å²) in [5.74, 6) is -0.478. The van der Waals surface area contributed by atoms with Crippen LogP contribution in [0.25, 0.3) is 0 Å². The van der Waals surface area contributed by atoms with Crippen LogP contribution in [0.2, 0.25) is 0 Å². The molecular formula is C21H23FN4O4. The number of nitro groups is 1. The topological polar surface area (TPSA) is 87.0 Å². The van der Waals surface area contributed by atoms with Crippen LogP contribution in [-0.2, 0) is 16.0 Å². The summed E-state index contributed by atoms with van der Waals surface area (Å²) >= 11 is 0. The van der Waals surface area contributed by atoms with Crippen molar-refractivity contribution in [2.24, 2.45) is 0 Å². The average Bonchev–Trinajstić information content (AvgIpc) is 2.75. The molecule has 1 aliphatic heterocycles. The fourth-order valence-corrected chi connectivity index (χ4v) is 3.28. The molecular weight excluding hydrogens is 391 g/mol. The second-order valence-electron chi connectivity index (χ2n) is 7.19. The molecule has 158 valence electrons. The first-order chi connectivity index (χ1) is 14.3. The van der Waals surface area contributed by atoms with Gasteiger partial charge in [0.05, 0.1) is 17.9 Å². The summed E-state index contributed by atoms with van der Waals surface area (Å²) in [5.41, 5.74) is 1.32. The normalized spacial score (nSPS) is 14.4. The molecule has 0 spiro atoms. The Hall–Kier alpha value is -3.33. The van der Waals surface area contributed by atoms with Crippen LogP contribution in [0.15, 0.2) is 48.5 Å². The number of carbonyl (C=O) groups is 2. The Labute approximate surface area is 173 Å². The van der Waals surface area contributed by atoms with E-state index in [0.717, 1.165) is 5.56 Å². The molecule has 30 heavy (non-hydrogen) atoms. The zero-order chi connectivity index (χ0) is 21.7. The molecule has 8 nitrogen and oxygen atoms in total. The van der Waals surface area contributed by atoms with E-state index in [9.17, 15) is 24.1 Å². The number of halogens is 1. The van der Waals surface area contributed by atoms with Crippen molar-refractivity contribution >= 4 is 23.2 Å². The minimum absolute atomic E-state index is 0.0180. The molecule has 0 atom stereocenters. The third-order valence-corrected chi connectivity index (χ3v) is 5.17. The lowest BCUT2D eigenvalue weighted by molar-refractivity contribution is -0.384. The van der Waals surface area contributed by atoms with E-state index in [-0.39, 0.29) is 36.3 Å². The molecule has 3 rings (SSSR count). The van der Waals surface area contributed by atoms with Gasteiger partial charge < -0.3 is 9.80 Å². The van der Waals surface area contributed by atoms with E-state index in [1.54, 1.807) is 36.2 Å². The van der Waals surface area contributed by atoms with E-state index in [4.69, 9.17) is 0 Å². The molecule has 0 saturated carbocycles. The highest BCUT2D eigenvalue weighted by atomic mass is 19.1. The molecule has 1 aliphatic rings. The molecule has 2 aromatic rings. The summed E-state index contributed by atoms with van der Waals surface area (Å²) in [6.45, 7) is 2.40. The van der Waals surface area contributed by atoms with Gasteiger partial charge >= 0.3 is 0 Å². The molecule has 0 radical (unpaired) electrons. The maximum Gasteiger partial charge on any atom is 0.269 e. The van der Waals surface area contributed by atoms with Crippen LogP contribution in [0.3, 0.4) is 0 Å². The predicted octanol–water partition coefficient (Wildman–Crippen LogP) is 2.08. The zero-order valence-corrected chi connectivity index (χ0v) is 16.7. The smallest absolute Gasteiger partial charge is 0.269 e. The van der Waals surface area contributed by atoms with Crippen LogP contribution in [0.1, 0.15) is 5.56 Å². The first kappa shape index (κ1) is 21.4. The number of rotatable bonds is 6. The van der Waals surface area contributed by atoms with Crippen LogP contribution < -0.4 is 4.90 Å². The standard InChI is InChI=1S/C21H23FN4O4/c1-23(18-6-8-19(9-7-18)26(29)30)21(28)15-24-10-12-25(13-11-24)20(27)14-16-2-4-17(22)5-3-16/h2-9H,10-15H2,1H3. The lowest BCUT2D eigenvalue weighted by atomic mass is 10.1. The van der Waals surface area contributed by atoms with Gasteiger partial charge in [-0.25, -0.2) is 4.39 Å². The van der Waals surface area contributed by atoms with Crippen LogP contribution >= 0.6 is 0 Å². The number of hydrogen-bond donors (Lipinski definition) is 0. The van der Waals surface area contributed by atoms with Gasteiger partial charge in [-0.15, -0.1) is 0 Å². The molecule has 0 unspecified atom stereocenters. The van der Waals surface area contributed by atoms with Crippen molar-refractivity contribution in [3.8, 4) is 0 Å². The molecule has 1 fully saturated rings. The number of nitrogens with zero attached hydrogens (tertiary/aromatic N) is 4. The van der Waals surface area contributed by atoms with Crippen molar-refractivity contribution < 1.29 is 18.9 Å². The number of nitro benzene ring substituents is 1. The lowest BCUT2D eigenvalue weighted by Crippen LogP contribution is -2.51. The van der Waals surface area contributed by atoms with Gasteiger partial charge in [0.15, 0.2) is 0 Å². The summed E-state index contributed by atoms with van der Waals surface area (Å²) in [6, 6.07) is 11.7. The Kier molecular flexibility index (Phi) is 6.73. The molecule has 2 aromatic carbocycles. The fourth-order valence-electron chi connectivity index (χ4n) is 3.28. The second-order valence-corrected chi connectivity index (χ2v) is 7.19. The van der Waals surface area contributed by atoms with Crippen molar-refractivity contribution in [1.82, 2.24) is 9.80 Å². The van der Waals surface area contributed by atoms with Crippen LogP contribution in [0, 0.1) is 15.9 Å². The number of amides is 2. The largest absolute Gasteiger partial charge is 0.340 e. The summed E-state index contributed by atoms with van der Waals surface area (Å²) in [4.78, 5) is 40.5. The fraction of sp³-hybridized carbons (Fsp3) is 0.333. The van der Waals surface area contributed by atoms with Gasteiger partial charge in [0, 0.05) is 51.0 Å². The monoisotopic (exact) mass is 414 g/mol. The van der Waals surface area contributed by atoms with Gasteiger partial charge in [0.1, 0.15) is 5.82 Å². The van der Waals surface area contributed by atoms with Gasteiger partial charge in [-0.3, -0.25) is 24.6 Å². The highest BCUT2D eigenvalue weighted by Gasteiger charge is 2.24. The van der Waals surface area contributed by atoms with E-state index in [0.29, 0.717) is 31.9 Å². The van der Waals surface area contributed by atoms with Gasteiger partial charge in [-0.05, 0) is 29.8 Å². The number of non-ortho nitro benzene ring substituents is 1. The maximum absolute atomic E-state index is 13.0. The van der Waals surface area contributed by atoms with Crippen molar-refractivity contribution in [2.45, 2.75) is 6.42 Å². The molecule has 0 aromatic heterocycles. The second kappa shape index (κ2) is 9.45. The molecule has 1 heterocycles. The minimum Gasteiger partial charge on any atom is -0.340 e. The van der Waals surface area contributed by atoms with Crippen molar-refractivity contribution in [3.05, 3.63) is 70.0 Å². The Balaban J connectivity index is 1.47. The Bertz CT molecular complexity index is 910. The van der Waals surface area contributed by atoms with Gasteiger partial charge in [-0.1, -0.05) is 12.1 Å². The number of likely N-dealkylation sites (N-methyl/N-ethyl adjacent to an activating group) is 1. The van der Waals surface area contributed by atoms with Crippen molar-refractivity contribution in [2.75, 3.05) is 44.7 Å². The third-order valence-electron chi connectivity index (χ3n) is 5.17. The molecule has 2 amide bonds. The number of piperazine rings is 1. The van der Waals surface area contributed by atoms with Gasteiger partial charge in [0.25, 0.3) is 5.69 Å². The Morgan fingerprint density at radius 3 is 2.20 bits per heavy atom. The quantitative estimate of drug-likeness (QED) is 0.534. The average molecular weight is 414 g/mol. The van der Waals surface area contributed by atoms with E-state index >= 15 is 0 Å². The highest BCUT2D eigenvalue weighted by molar-refractivity contribution is 5.94. The van der Waals surface area contributed by atoms with Crippen LogP contribution in [-0.4, -0.2) is 66.3 Å². The van der Waals surface area contributed by atoms with E-state index in [1.807, 2.05) is 4.90 Å². The number of carbonyl (C=O) groups excluding carboxylic acids is 2. The summed E-state index contributed by atoms with van der Waals surface area (Å²) in [6.07, 6.45) is 0.224. The van der Waals surface area contributed by atoms with Crippen LogP contribution in [0.4, 0.5) is 15.8 Å². The summed E-state index contributed by atoms with van der Waals surface area (Å²) in [7, 11) is 1.63. The molecule has 0 aliphatic carbocycles. The Morgan fingerprint density at radius 2 is 1.63 bits per heavy atom. The van der Waals surface area contributed by atoms with Crippen molar-refractivity contribution in [1.29, 1.82) is 0 Å². The van der Waals surface area contributed by atoms with Crippen molar-refractivity contribution in [3.63, 3.8) is 0 Å². The molecule has 1 saturated heterocycles. The Morgan fingerprint density at radius 1 is 1.03 bits per heavy atom. The van der Waals surface area contributed by atoms with E-state index in [2.05, 4.69) is 0 Å². The van der Waals surface area contributed by atoms with E-state index < -0.39 is 4.92 Å². The maximum atomic E-state index is 13.0. The van der Waals surface area contributed by atoms with Gasteiger partial charge in [-0.2, -0.15) is 0 Å². The predicted molar refractivity (Wildman–Crippen MR) is 110 cm³/mol.